The van der Waals surface area contributed by atoms with E-state index >= 15 is 0 Å². The van der Waals surface area contributed by atoms with Crippen LogP contribution in [0.2, 0.25) is 0 Å². The van der Waals surface area contributed by atoms with Gasteiger partial charge in [0.15, 0.2) is 5.82 Å². The molecule has 2 aromatic rings. The minimum atomic E-state index is 0.263. The van der Waals surface area contributed by atoms with Crippen molar-refractivity contribution in [1.29, 1.82) is 0 Å². The SMILES string of the molecule is CCCCOc1ccccc1-n1nnnc1C(C)C. The number of aromatic nitrogens is 4. The lowest BCUT2D eigenvalue weighted by Crippen LogP contribution is -2.08. The van der Waals surface area contributed by atoms with Gasteiger partial charge in [0.1, 0.15) is 11.4 Å². The van der Waals surface area contributed by atoms with Gasteiger partial charge in [-0.1, -0.05) is 39.3 Å². The fourth-order valence-corrected chi connectivity index (χ4v) is 1.81. The van der Waals surface area contributed by atoms with Crippen LogP contribution in [0.3, 0.4) is 0 Å². The molecule has 5 nitrogen and oxygen atoms in total. The van der Waals surface area contributed by atoms with Crippen LogP contribution in [0.1, 0.15) is 45.4 Å². The van der Waals surface area contributed by atoms with Crippen LogP contribution in [-0.4, -0.2) is 26.8 Å². The Morgan fingerprint density at radius 3 is 2.79 bits per heavy atom. The first-order valence-corrected chi connectivity index (χ1v) is 6.74. The second kappa shape index (κ2) is 6.31. The van der Waals surface area contributed by atoms with Crippen molar-refractivity contribution in [3.05, 3.63) is 30.1 Å². The standard InChI is InChI=1S/C14H20N4O/c1-4-5-10-19-13-9-7-6-8-12(13)18-14(11(2)3)15-16-17-18/h6-9,11H,4-5,10H2,1-3H3. The minimum Gasteiger partial charge on any atom is -0.491 e. The van der Waals surface area contributed by atoms with Crippen molar-refractivity contribution in [1.82, 2.24) is 20.2 Å². The fraction of sp³-hybridized carbons (Fsp3) is 0.500. The van der Waals surface area contributed by atoms with Gasteiger partial charge in [-0.3, -0.25) is 0 Å². The van der Waals surface area contributed by atoms with Crippen LogP contribution in [0.5, 0.6) is 5.75 Å². The lowest BCUT2D eigenvalue weighted by Gasteiger charge is -2.12. The Hall–Kier alpha value is -1.91. The molecule has 0 spiro atoms. The summed E-state index contributed by atoms with van der Waals surface area (Å²) < 4.78 is 7.58. The van der Waals surface area contributed by atoms with E-state index in [1.54, 1.807) is 4.68 Å². The molecule has 1 aromatic heterocycles. The van der Waals surface area contributed by atoms with Crippen molar-refractivity contribution in [2.75, 3.05) is 6.61 Å². The summed E-state index contributed by atoms with van der Waals surface area (Å²) in [5, 5.41) is 11.9. The molecule has 0 atom stereocenters. The predicted molar refractivity (Wildman–Crippen MR) is 73.6 cm³/mol. The third kappa shape index (κ3) is 3.10. The first-order valence-electron chi connectivity index (χ1n) is 6.74. The lowest BCUT2D eigenvalue weighted by molar-refractivity contribution is 0.307. The average molecular weight is 260 g/mol. The average Bonchev–Trinajstić information content (AvgIpc) is 2.89. The molecule has 0 bridgehead atoms. The Bertz CT molecular complexity index is 522. The Labute approximate surface area is 113 Å². The van der Waals surface area contributed by atoms with Crippen molar-refractivity contribution in [2.45, 2.75) is 39.5 Å². The Balaban J connectivity index is 2.30. The number of hydrogen-bond donors (Lipinski definition) is 0. The van der Waals surface area contributed by atoms with Crippen LogP contribution in [0, 0.1) is 0 Å². The van der Waals surface area contributed by atoms with E-state index in [2.05, 4.69) is 36.3 Å². The summed E-state index contributed by atoms with van der Waals surface area (Å²) in [5.41, 5.74) is 0.896. The number of rotatable bonds is 6. The van der Waals surface area contributed by atoms with E-state index < -0.39 is 0 Å². The molecule has 102 valence electrons. The molecular weight excluding hydrogens is 240 g/mol. The van der Waals surface area contributed by atoms with Gasteiger partial charge in [0.25, 0.3) is 0 Å². The van der Waals surface area contributed by atoms with Crippen LogP contribution >= 0.6 is 0 Å². The third-order valence-corrected chi connectivity index (χ3v) is 2.86. The molecule has 0 saturated carbocycles. The zero-order valence-electron chi connectivity index (χ0n) is 11.7. The summed E-state index contributed by atoms with van der Waals surface area (Å²) in [6, 6.07) is 7.86. The molecule has 0 saturated heterocycles. The molecule has 0 fully saturated rings. The number of para-hydroxylation sites is 2. The maximum Gasteiger partial charge on any atom is 0.159 e. The van der Waals surface area contributed by atoms with E-state index in [1.165, 1.54) is 0 Å². The Kier molecular flexibility index (Phi) is 4.49. The molecule has 0 N–H and O–H groups in total. The molecule has 0 aliphatic carbocycles. The number of hydrogen-bond acceptors (Lipinski definition) is 4. The molecule has 19 heavy (non-hydrogen) atoms. The minimum absolute atomic E-state index is 0.263. The van der Waals surface area contributed by atoms with Crippen LogP contribution in [0.4, 0.5) is 0 Å². The highest BCUT2D eigenvalue weighted by molar-refractivity contribution is 5.46. The van der Waals surface area contributed by atoms with Crippen molar-refractivity contribution >= 4 is 0 Å². The number of ether oxygens (including phenoxy) is 1. The van der Waals surface area contributed by atoms with Crippen LogP contribution in [0.15, 0.2) is 24.3 Å². The Morgan fingerprint density at radius 2 is 2.05 bits per heavy atom. The molecule has 0 unspecified atom stereocenters. The molecule has 0 amide bonds. The van der Waals surface area contributed by atoms with Crippen LogP contribution in [0.25, 0.3) is 5.69 Å². The maximum absolute atomic E-state index is 5.82. The summed E-state index contributed by atoms with van der Waals surface area (Å²) in [7, 11) is 0. The van der Waals surface area contributed by atoms with Crippen molar-refractivity contribution in [3.8, 4) is 11.4 Å². The highest BCUT2D eigenvalue weighted by atomic mass is 16.5. The number of tetrazole rings is 1. The van der Waals surface area contributed by atoms with Gasteiger partial charge in [-0.25, -0.2) is 0 Å². The second-order valence-electron chi connectivity index (χ2n) is 4.77. The van der Waals surface area contributed by atoms with E-state index in [0.29, 0.717) is 6.61 Å². The quantitative estimate of drug-likeness (QED) is 0.749. The van der Waals surface area contributed by atoms with E-state index in [1.807, 2.05) is 24.3 Å². The predicted octanol–water partition coefficient (Wildman–Crippen LogP) is 2.96. The monoisotopic (exact) mass is 260 g/mol. The summed E-state index contributed by atoms with van der Waals surface area (Å²) in [5.74, 6) is 1.93. The number of nitrogens with zero attached hydrogens (tertiary/aromatic N) is 4. The van der Waals surface area contributed by atoms with Gasteiger partial charge in [-0.2, -0.15) is 4.68 Å². The molecule has 1 aromatic carbocycles. The smallest absolute Gasteiger partial charge is 0.159 e. The summed E-state index contributed by atoms with van der Waals surface area (Å²) in [6.07, 6.45) is 2.16. The van der Waals surface area contributed by atoms with Crippen molar-refractivity contribution in [3.63, 3.8) is 0 Å². The van der Waals surface area contributed by atoms with Crippen molar-refractivity contribution in [2.24, 2.45) is 0 Å². The number of unbranched alkanes of at least 4 members (excludes halogenated alkanes) is 1. The van der Waals surface area contributed by atoms with Crippen molar-refractivity contribution < 1.29 is 4.74 Å². The Morgan fingerprint density at radius 1 is 1.26 bits per heavy atom. The highest BCUT2D eigenvalue weighted by Crippen LogP contribution is 2.24. The normalized spacial score (nSPS) is 10.9. The first-order chi connectivity index (χ1) is 9.24. The maximum atomic E-state index is 5.82. The van der Waals surface area contributed by atoms with Gasteiger partial charge >= 0.3 is 0 Å². The third-order valence-electron chi connectivity index (χ3n) is 2.86. The molecule has 5 heteroatoms. The zero-order valence-corrected chi connectivity index (χ0v) is 11.7. The number of benzene rings is 1. The fourth-order valence-electron chi connectivity index (χ4n) is 1.81. The molecular formula is C14H20N4O. The molecule has 2 rings (SSSR count). The van der Waals surface area contributed by atoms with Gasteiger partial charge in [-0.15, -0.1) is 5.10 Å². The molecule has 0 radical (unpaired) electrons. The second-order valence-corrected chi connectivity index (χ2v) is 4.77. The van der Waals surface area contributed by atoms with Crippen LogP contribution in [-0.2, 0) is 0 Å². The largest absolute Gasteiger partial charge is 0.491 e. The van der Waals surface area contributed by atoms with E-state index in [-0.39, 0.29) is 5.92 Å². The summed E-state index contributed by atoms with van der Waals surface area (Å²) in [6.45, 7) is 7.01. The molecule has 0 aliphatic heterocycles. The van der Waals surface area contributed by atoms with E-state index in [4.69, 9.17) is 4.74 Å². The van der Waals surface area contributed by atoms with Gasteiger partial charge in [0.2, 0.25) is 0 Å². The van der Waals surface area contributed by atoms with E-state index in [0.717, 1.165) is 30.1 Å². The topological polar surface area (TPSA) is 52.8 Å². The van der Waals surface area contributed by atoms with Gasteiger partial charge in [0, 0.05) is 5.92 Å². The highest BCUT2D eigenvalue weighted by Gasteiger charge is 2.14. The van der Waals surface area contributed by atoms with E-state index in [9.17, 15) is 0 Å². The first kappa shape index (κ1) is 13.5. The zero-order chi connectivity index (χ0) is 13.7. The van der Waals surface area contributed by atoms with Gasteiger partial charge in [-0.05, 0) is 29.0 Å². The summed E-state index contributed by atoms with van der Waals surface area (Å²) >= 11 is 0. The summed E-state index contributed by atoms with van der Waals surface area (Å²) in [4.78, 5) is 0. The molecule has 0 aliphatic rings. The van der Waals surface area contributed by atoms with Gasteiger partial charge < -0.3 is 4.74 Å². The molecule has 1 heterocycles. The van der Waals surface area contributed by atoms with Crippen LogP contribution < -0.4 is 4.74 Å². The van der Waals surface area contributed by atoms with Gasteiger partial charge in [0.05, 0.1) is 6.61 Å². The lowest BCUT2D eigenvalue weighted by atomic mass is 10.2.